The quantitative estimate of drug-likeness (QED) is 0.718. The second-order valence-corrected chi connectivity index (χ2v) is 5.67. The number of hydrogen-bond acceptors (Lipinski definition) is 3. The molecule has 0 aromatic heterocycles. The predicted octanol–water partition coefficient (Wildman–Crippen LogP) is 2.72. The van der Waals surface area contributed by atoms with Crippen molar-refractivity contribution in [2.45, 2.75) is 26.7 Å². The molecular weight excluding hydrogens is 250 g/mol. The van der Waals surface area contributed by atoms with E-state index in [2.05, 4.69) is 24.5 Å². The summed E-state index contributed by atoms with van der Waals surface area (Å²) in [6, 6.07) is 7.85. The molecule has 0 unspecified atom stereocenters. The lowest BCUT2D eigenvalue weighted by Crippen LogP contribution is -2.23. The van der Waals surface area contributed by atoms with Crippen molar-refractivity contribution in [2.75, 3.05) is 37.4 Å². The maximum atomic E-state index is 11.8. The van der Waals surface area contributed by atoms with Gasteiger partial charge in [-0.05, 0) is 43.1 Å². The van der Waals surface area contributed by atoms with E-state index in [4.69, 9.17) is 0 Å². The summed E-state index contributed by atoms with van der Waals surface area (Å²) in [5.74, 6) is 0.756. The first-order valence-electron chi connectivity index (χ1n) is 7.27. The van der Waals surface area contributed by atoms with Gasteiger partial charge in [0.05, 0.1) is 0 Å². The van der Waals surface area contributed by atoms with Crippen LogP contribution in [-0.2, 0) is 4.79 Å². The standard InChI is InChI=1S/C16H27N3O/c1-13(2)9-11-17-12-10-16(20)18-14-5-7-15(8-6-14)19(3)4/h5-8,13,17H,9-12H2,1-4H3,(H,18,20). The Morgan fingerprint density at radius 1 is 1.15 bits per heavy atom. The molecule has 0 heterocycles. The lowest BCUT2D eigenvalue weighted by atomic mass is 10.1. The summed E-state index contributed by atoms with van der Waals surface area (Å²) in [5, 5.41) is 6.20. The SMILES string of the molecule is CC(C)CCNCCC(=O)Nc1ccc(N(C)C)cc1. The van der Waals surface area contributed by atoms with Crippen LogP contribution in [0.1, 0.15) is 26.7 Å². The van der Waals surface area contributed by atoms with Crippen molar-refractivity contribution < 1.29 is 4.79 Å². The van der Waals surface area contributed by atoms with Gasteiger partial charge in [0.1, 0.15) is 0 Å². The summed E-state index contributed by atoms with van der Waals surface area (Å²) in [5.41, 5.74) is 1.97. The Hall–Kier alpha value is -1.55. The van der Waals surface area contributed by atoms with E-state index >= 15 is 0 Å². The van der Waals surface area contributed by atoms with E-state index in [0.29, 0.717) is 12.3 Å². The molecule has 1 aromatic rings. The Labute approximate surface area is 122 Å². The molecule has 0 saturated heterocycles. The number of nitrogens with one attached hydrogen (secondary N) is 2. The van der Waals surface area contributed by atoms with Crippen LogP contribution in [-0.4, -0.2) is 33.1 Å². The average Bonchev–Trinajstić information content (AvgIpc) is 2.38. The molecule has 2 N–H and O–H groups in total. The fourth-order valence-electron chi connectivity index (χ4n) is 1.78. The summed E-state index contributed by atoms with van der Waals surface area (Å²) in [7, 11) is 3.99. The van der Waals surface area contributed by atoms with Gasteiger partial charge in [0.25, 0.3) is 0 Å². The third kappa shape index (κ3) is 6.57. The Bertz CT molecular complexity index is 399. The number of benzene rings is 1. The number of amides is 1. The zero-order valence-electron chi connectivity index (χ0n) is 13.1. The lowest BCUT2D eigenvalue weighted by Gasteiger charge is -2.13. The molecule has 0 radical (unpaired) electrons. The van der Waals surface area contributed by atoms with Crippen molar-refractivity contribution in [3.63, 3.8) is 0 Å². The maximum Gasteiger partial charge on any atom is 0.225 e. The minimum atomic E-state index is 0.0552. The van der Waals surface area contributed by atoms with Crippen LogP contribution in [0.2, 0.25) is 0 Å². The van der Waals surface area contributed by atoms with Crippen LogP contribution in [0, 0.1) is 5.92 Å². The molecule has 0 fully saturated rings. The molecule has 0 aliphatic rings. The van der Waals surface area contributed by atoms with Gasteiger partial charge in [0, 0.05) is 38.4 Å². The van der Waals surface area contributed by atoms with Crippen LogP contribution in [0.4, 0.5) is 11.4 Å². The van der Waals surface area contributed by atoms with Crippen molar-refractivity contribution in [3.05, 3.63) is 24.3 Å². The van der Waals surface area contributed by atoms with Crippen molar-refractivity contribution in [1.29, 1.82) is 0 Å². The van der Waals surface area contributed by atoms with Gasteiger partial charge in [-0.2, -0.15) is 0 Å². The molecule has 0 spiro atoms. The summed E-state index contributed by atoms with van der Waals surface area (Å²) in [6.07, 6.45) is 1.65. The van der Waals surface area contributed by atoms with Gasteiger partial charge < -0.3 is 15.5 Å². The van der Waals surface area contributed by atoms with Crippen LogP contribution in [0.3, 0.4) is 0 Å². The molecule has 1 rings (SSSR count). The van der Waals surface area contributed by atoms with Gasteiger partial charge in [-0.15, -0.1) is 0 Å². The van der Waals surface area contributed by atoms with Crippen molar-refractivity contribution in [3.8, 4) is 0 Å². The van der Waals surface area contributed by atoms with E-state index < -0.39 is 0 Å². The highest BCUT2D eigenvalue weighted by Crippen LogP contribution is 2.15. The number of nitrogens with zero attached hydrogens (tertiary/aromatic N) is 1. The van der Waals surface area contributed by atoms with E-state index in [1.165, 1.54) is 0 Å². The highest BCUT2D eigenvalue weighted by atomic mass is 16.1. The zero-order valence-corrected chi connectivity index (χ0v) is 13.1. The van der Waals surface area contributed by atoms with Crippen molar-refractivity contribution in [1.82, 2.24) is 5.32 Å². The molecule has 4 nitrogen and oxygen atoms in total. The Kier molecular flexibility index (Phi) is 7.09. The fraction of sp³-hybridized carbons (Fsp3) is 0.562. The van der Waals surface area contributed by atoms with Crippen LogP contribution in [0.5, 0.6) is 0 Å². The number of anilines is 2. The van der Waals surface area contributed by atoms with Crippen LogP contribution in [0.25, 0.3) is 0 Å². The molecule has 112 valence electrons. The summed E-state index contributed by atoms with van der Waals surface area (Å²) >= 11 is 0. The van der Waals surface area contributed by atoms with E-state index in [0.717, 1.165) is 30.9 Å². The first kappa shape index (κ1) is 16.5. The molecule has 1 aromatic carbocycles. The number of carbonyl (C=O) groups is 1. The summed E-state index contributed by atoms with van der Waals surface area (Å²) < 4.78 is 0. The normalized spacial score (nSPS) is 10.7. The third-order valence-electron chi connectivity index (χ3n) is 3.09. The highest BCUT2D eigenvalue weighted by Gasteiger charge is 2.03. The molecule has 0 saturated carbocycles. The molecule has 1 amide bonds. The minimum absolute atomic E-state index is 0.0552. The van der Waals surface area contributed by atoms with E-state index in [1.54, 1.807) is 0 Å². The van der Waals surface area contributed by atoms with Crippen molar-refractivity contribution >= 4 is 17.3 Å². The Morgan fingerprint density at radius 2 is 1.80 bits per heavy atom. The zero-order chi connectivity index (χ0) is 15.0. The minimum Gasteiger partial charge on any atom is -0.378 e. The largest absolute Gasteiger partial charge is 0.378 e. The van der Waals surface area contributed by atoms with Gasteiger partial charge in [-0.3, -0.25) is 4.79 Å². The number of rotatable bonds is 8. The van der Waals surface area contributed by atoms with Crippen LogP contribution in [0.15, 0.2) is 24.3 Å². The Morgan fingerprint density at radius 3 is 2.35 bits per heavy atom. The molecule has 4 heteroatoms. The van der Waals surface area contributed by atoms with Gasteiger partial charge in [0.15, 0.2) is 0 Å². The molecule has 20 heavy (non-hydrogen) atoms. The lowest BCUT2D eigenvalue weighted by molar-refractivity contribution is -0.116. The van der Waals surface area contributed by atoms with Crippen molar-refractivity contribution in [2.24, 2.45) is 5.92 Å². The molecule has 0 aliphatic carbocycles. The molecule has 0 atom stereocenters. The average molecular weight is 277 g/mol. The summed E-state index contributed by atoms with van der Waals surface area (Å²) in [4.78, 5) is 13.8. The van der Waals surface area contributed by atoms with Gasteiger partial charge in [-0.25, -0.2) is 0 Å². The van der Waals surface area contributed by atoms with E-state index in [9.17, 15) is 4.79 Å². The third-order valence-corrected chi connectivity index (χ3v) is 3.09. The first-order chi connectivity index (χ1) is 9.49. The van der Waals surface area contributed by atoms with E-state index in [-0.39, 0.29) is 5.91 Å². The van der Waals surface area contributed by atoms with E-state index in [1.807, 2.05) is 43.3 Å². The predicted molar refractivity (Wildman–Crippen MR) is 86.3 cm³/mol. The molecule has 0 bridgehead atoms. The second-order valence-electron chi connectivity index (χ2n) is 5.67. The Balaban J connectivity index is 2.25. The monoisotopic (exact) mass is 277 g/mol. The smallest absolute Gasteiger partial charge is 0.225 e. The van der Waals surface area contributed by atoms with Crippen LogP contribution < -0.4 is 15.5 Å². The second kappa shape index (κ2) is 8.59. The van der Waals surface area contributed by atoms with Crippen LogP contribution >= 0.6 is 0 Å². The fourth-order valence-corrected chi connectivity index (χ4v) is 1.78. The van der Waals surface area contributed by atoms with Gasteiger partial charge in [-0.1, -0.05) is 13.8 Å². The first-order valence-corrected chi connectivity index (χ1v) is 7.27. The topological polar surface area (TPSA) is 44.4 Å². The molecule has 0 aliphatic heterocycles. The highest BCUT2D eigenvalue weighted by molar-refractivity contribution is 5.90. The van der Waals surface area contributed by atoms with Gasteiger partial charge >= 0.3 is 0 Å². The van der Waals surface area contributed by atoms with Gasteiger partial charge in [0.2, 0.25) is 5.91 Å². The molecular formula is C16H27N3O. The number of hydrogen-bond donors (Lipinski definition) is 2. The number of carbonyl (C=O) groups excluding carboxylic acids is 1. The maximum absolute atomic E-state index is 11.8. The summed E-state index contributed by atoms with van der Waals surface area (Å²) in [6.45, 7) is 6.11.